The summed E-state index contributed by atoms with van der Waals surface area (Å²) in [5.74, 6) is 0. The Morgan fingerprint density at radius 1 is 0.929 bits per heavy atom. The molecule has 212 valence electrons. The molecule has 0 aliphatic heterocycles. The van der Waals surface area contributed by atoms with Crippen molar-refractivity contribution in [2.75, 3.05) is 0 Å². The van der Waals surface area contributed by atoms with Crippen LogP contribution in [0.2, 0.25) is 5.02 Å². The molecule has 0 radical (unpaired) electrons. The molecule has 0 saturated heterocycles. The Balaban J connectivity index is 1.44. The second-order valence-corrected chi connectivity index (χ2v) is 12.4. The van der Waals surface area contributed by atoms with Crippen molar-refractivity contribution >= 4 is 50.3 Å². The first-order chi connectivity index (χ1) is 20.2. The maximum atomic E-state index is 13.4. The number of nitrogens with zero attached hydrogens (tertiary/aromatic N) is 1. The maximum absolute atomic E-state index is 13.4. The molecule has 0 fully saturated rings. The largest absolute Gasteiger partial charge is 0.297 e. The molecule has 1 unspecified atom stereocenters. The molecule has 1 atom stereocenters. The molecule has 0 spiro atoms. The van der Waals surface area contributed by atoms with Gasteiger partial charge in [0, 0.05) is 10.4 Å². The van der Waals surface area contributed by atoms with Gasteiger partial charge in [-0.25, -0.2) is 4.98 Å². The van der Waals surface area contributed by atoms with E-state index in [2.05, 4.69) is 12.6 Å². The summed E-state index contributed by atoms with van der Waals surface area (Å²) in [5.41, 5.74) is 7.41. The number of fused-ring (bicyclic) bond motifs is 1. The molecule has 0 amide bonds. The van der Waals surface area contributed by atoms with Gasteiger partial charge in [-0.2, -0.15) is 8.42 Å². The summed E-state index contributed by atoms with van der Waals surface area (Å²) < 4.78 is 32.7. The summed E-state index contributed by atoms with van der Waals surface area (Å²) in [6.45, 7) is 8.00. The zero-order chi connectivity index (χ0) is 29.7. The van der Waals surface area contributed by atoms with Crippen LogP contribution in [0.3, 0.4) is 0 Å². The van der Waals surface area contributed by atoms with E-state index in [4.69, 9.17) is 20.8 Å². The average molecular weight is 594 g/mol. The van der Waals surface area contributed by atoms with Gasteiger partial charge in [-0.3, -0.25) is 4.18 Å². The average Bonchev–Trinajstić information content (AvgIpc) is 2.98. The van der Waals surface area contributed by atoms with Crippen LogP contribution in [0.25, 0.3) is 28.6 Å². The molecule has 0 saturated carbocycles. The van der Waals surface area contributed by atoms with Crippen molar-refractivity contribution in [2.45, 2.75) is 37.7 Å². The van der Waals surface area contributed by atoms with E-state index in [1.54, 1.807) is 24.3 Å². The monoisotopic (exact) mass is 593 g/mol. The highest BCUT2D eigenvalue weighted by Gasteiger charge is 2.24. The van der Waals surface area contributed by atoms with E-state index in [0.717, 1.165) is 50.0 Å². The van der Waals surface area contributed by atoms with Crippen molar-refractivity contribution in [1.82, 2.24) is 4.98 Å². The maximum Gasteiger partial charge on any atom is 0.297 e. The van der Waals surface area contributed by atoms with Gasteiger partial charge in [0.05, 0.1) is 16.1 Å². The molecule has 0 aliphatic rings. The molecule has 4 nitrogen and oxygen atoms in total. The van der Waals surface area contributed by atoms with Crippen LogP contribution in [0.5, 0.6) is 0 Å². The van der Waals surface area contributed by atoms with E-state index >= 15 is 0 Å². The van der Waals surface area contributed by atoms with E-state index in [1.165, 1.54) is 0 Å². The zero-order valence-electron chi connectivity index (χ0n) is 23.6. The van der Waals surface area contributed by atoms with Crippen LogP contribution in [0.1, 0.15) is 53.0 Å². The Labute approximate surface area is 253 Å². The van der Waals surface area contributed by atoms with Gasteiger partial charge in [-0.05, 0) is 91.4 Å². The minimum absolute atomic E-state index is 0.138. The predicted octanol–water partition coefficient (Wildman–Crippen LogP) is 9.48. The molecule has 4 aromatic carbocycles. The fourth-order valence-corrected chi connectivity index (χ4v) is 6.13. The van der Waals surface area contributed by atoms with E-state index < -0.39 is 16.2 Å². The Morgan fingerprint density at radius 3 is 2.48 bits per heavy atom. The third kappa shape index (κ3) is 7.24. The summed E-state index contributed by atoms with van der Waals surface area (Å²) in [4.78, 5) is 4.84. The van der Waals surface area contributed by atoms with Crippen molar-refractivity contribution in [1.29, 1.82) is 0 Å². The Hall–Kier alpha value is -4.03. The summed E-state index contributed by atoms with van der Waals surface area (Å²) >= 11 is 6.15. The Bertz CT molecular complexity index is 1880. The smallest absolute Gasteiger partial charge is 0.258 e. The van der Waals surface area contributed by atoms with Crippen LogP contribution in [0.15, 0.2) is 115 Å². The highest BCUT2D eigenvalue weighted by molar-refractivity contribution is 7.86. The summed E-state index contributed by atoms with van der Waals surface area (Å²) in [5, 5.41) is 1.66. The predicted molar refractivity (Wildman–Crippen MR) is 174 cm³/mol. The fraction of sp³-hybridized carbons (Fsp3) is 0.139. The third-order valence-corrected chi connectivity index (χ3v) is 8.68. The number of aryl methyl sites for hydroxylation is 2. The SMILES string of the molecule is C=C(C)c1ccccc1CCC(OS(=O)(=O)c1ccc(C)cc1)c1cccc(C=Cc2ccc3ccc(Cl)cc3n2)c1. The Morgan fingerprint density at radius 2 is 1.69 bits per heavy atom. The first-order valence-electron chi connectivity index (χ1n) is 13.8. The van der Waals surface area contributed by atoms with Crippen LogP contribution in [-0.2, 0) is 20.7 Å². The number of pyridine rings is 1. The van der Waals surface area contributed by atoms with E-state index in [-0.39, 0.29) is 4.90 Å². The molecular weight excluding hydrogens is 562 g/mol. The highest BCUT2D eigenvalue weighted by Crippen LogP contribution is 2.31. The Kier molecular flexibility index (Phi) is 9.03. The second-order valence-electron chi connectivity index (χ2n) is 10.4. The van der Waals surface area contributed by atoms with Gasteiger partial charge >= 0.3 is 0 Å². The van der Waals surface area contributed by atoms with Crippen molar-refractivity contribution in [2.24, 2.45) is 0 Å². The number of benzene rings is 4. The topological polar surface area (TPSA) is 56.3 Å². The minimum Gasteiger partial charge on any atom is -0.258 e. The number of allylic oxidation sites excluding steroid dienone is 1. The standard InChI is InChI=1S/C36H32ClNO3S/c1-25(2)34-10-5-4-8-28(34)16-22-36(41-42(39,40)33-20-11-26(3)12-21-33)30-9-6-7-27(23-30)13-18-32-19-15-29-14-17-31(37)24-35(29)38-32/h4-15,17-21,23-24,36H,1,16,22H2,2-3H3. The molecule has 6 heteroatoms. The second kappa shape index (κ2) is 12.9. The lowest BCUT2D eigenvalue weighted by Crippen LogP contribution is -2.14. The minimum atomic E-state index is -4.00. The van der Waals surface area contributed by atoms with Gasteiger partial charge in [0.2, 0.25) is 0 Å². The van der Waals surface area contributed by atoms with Crippen LogP contribution < -0.4 is 0 Å². The van der Waals surface area contributed by atoms with Gasteiger partial charge in [-0.1, -0.05) is 102 Å². The number of hydrogen-bond acceptors (Lipinski definition) is 4. The molecule has 1 heterocycles. The quantitative estimate of drug-likeness (QED) is 0.151. The molecule has 0 N–H and O–H groups in total. The zero-order valence-corrected chi connectivity index (χ0v) is 25.2. The van der Waals surface area contributed by atoms with Crippen LogP contribution >= 0.6 is 11.6 Å². The van der Waals surface area contributed by atoms with Crippen molar-refractivity contribution in [3.05, 3.63) is 148 Å². The van der Waals surface area contributed by atoms with Crippen molar-refractivity contribution in [3.8, 4) is 0 Å². The van der Waals surface area contributed by atoms with Crippen LogP contribution in [-0.4, -0.2) is 13.4 Å². The lowest BCUT2D eigenvalue weighted by atomic mass is 9.95. The van der Waals surface area contributed by atoms with E-state index in [1.807, 2.05) is 98.8 Å². The van der Waals surface area contributed by atoms with Gasteiger partial charge in [0.15, 0.2) is 0 Å². The number of halogens is 1. The third-order valence-electron chi connectivity index (χ3n) is 7.11. The van der Waals surface area contributed by atoms with E-state index in [9.17, 15) is 8.42 Å². The van der Waals surface area contributed by atoms with Crippen LogP contribution in [0.4, 0.5) is 0 Å². The van der Waals surface area contributed by atoms with E-state index in [0.29, 0.717) is 17.9 Å². The normalized spacial score (nSPS) is 12.5. The van der Waals surface area contributed by atoms with Gasteiger partial charge in [0.25, 0.3) is 10.1 Å². The number of rotatable bonds is 10. The first kappa shape index (κ1) is 29.5. The van der Waals surface area contributed by atoms with Crippen LogP contribution in [0, 0.1) is 6.92 Å². The number of hydrogen-bond donors (Lipinski definition) is 0. The lowest BCUT2D eigenvalue weighted by molar-refractivity contribution is 0.203. The molecule has 0 bridgehead atoms. The molecule has 0 aliphatic carbocycles. The molecule has 42 heavy (non-hydrogen) atoms. The van der Waals surface area contributed by atoms with Gasteiger partial charge in [-0.15, -0.1) is 0 Å². The molecule has 1 aromatic heterocycles. The summed E-state index contributed by atoms with van der Waals surface area (Å²) in [6.07, 6.45) is 4.30. The number of aromatic nitrogens is 1. The molecule has 5 aromatic rings. The first-order valence-corrected chi connectivity index (χ1v) is 15.5. The van der Waals surface area contributed by atoms with Gasteiger partial charge < -0.3 is 0 Å². The molecule has 5 rings (SSSR count). The van der Waals surface area contributed by atoms with Crippen molar-refractivity contribution < 1.29 is 12.6 Å². The van der Waals surface area contributed by atoms with Crippen molar-refractivity contribution in [3.63, 3.8) is 0 Å². The lowest BCUT2D eigenvalue weighted by Gasteiger charge is -2.20. The summed E-state index contributed by atoms with van der Waals surface area (Å²) in [7, 11) is -4.00. The fourth-order valence-electron chi connectivity index (χ4n) is 4.87. The summed E-state index contributed by atoms with van der Waals surface area (Å²) in [6, 6.07) is 32.1. The highest BCUT2D eigenvalue weighted by atomic mass is 35.5. The molecular formula is C36H32ClNO3S. The van der Waals surface area contributed by atoms with Gasteiger partial charge in [0.1, 0.15) is 6.10 Å².